The van der Waals surface area contributed by atoms with E-state index in [0.717, 1.165) is 18.0 Å². The molecule has 0 aliphatic carbocycles. The van der Waals surface area contributed by atoms with Crippen LogP contribution in [0.5, 0.6) is 0 Å². The van der Waals surface area contributed by atoms with E-state index in [2.05, 4.69) is 15.5 Å². The van der Waals surface area contributed by atoms with Crippen molar-refractivity contribution in [2.45, 2.75) is 18.9 Å². The predicted octanol–water partition coefficient (Wildman–Crippen LogP) is 0.545. The number of nitrogens with two attached hydrogens (primary N) is 1. The molecule has 4 nitrogen and oxygen atoms in total. The smallest absolute Gasteiger partial charge is 0.203 e. The molecule has 0 spiro atoms. The lowest BCUT2D eigenvalue weighted by Gasteiger charge is -2.02. The summed E-state index contributed by atoms with van der Waals surface area (Å²) < 4.78 is 0. The van der Waals surface area contributed by atoms with Crippen molar-refractivity contribution >= 4 is 16.5 Å². The Morgan fingerprint density at radius 1 is 1.55 bits per heavy atom. The van der Waals surface area contributed by atoms with Crippen molar-refractivity contribution in [3.05, 3.63) is 5.01 Å². The van der Waals surface area contributed by atoms with Crippen molar-refractivity contribution in [3.63, 3.8) is 0 Å². The second-order valence-corrected chi connectivity index (χ2v) is 3.67. The third-order valence-corrected chi connectivity index (χ3v) is 2.68. The van der Waals surface area contributed by atoms with Gasteiger partial charge in [-0.25, -0.2) is 0 Å². The minimum Gasteiger partial charge on any atom is -0.374 e. The summed E-state index contributed by atoms with van der Waals surface area (Å²) in [5.41, 5.74) is 5.46. The summed E-state index contributed by atoms with van der Waals surface area (Å²) in [6, 6.07) is 0.407. The van der Waals surface area contributed by atoms with E-state index in [1.807, 2.05) is 0 Å². The first kappa shape index (κ1) is 7.00. The fourth-order valence-electron chi connectivity index (χ4n) is 1.28. The van der Waals surface area contributed by atoms with Crippen LogP contribution in [-0.4, -0.2) is 16.7 Å². The van der Waals surface area contributed by atoms with Crippen molar-refractivity contribution in [3.8, 4) is 0 Å². The molecule has 1 unspecified atom stereocenters. The number of rotatable bonds is 1. The Morgan fingerprint density at radius 2 is 2.45 bits per heavy atom. The summed E-state index contributed by atoms with van der Waals surface area (Å²) in [4.78, 5) is 0. The van der Waals surface area contributed by atoms with Crippen molar-refractivity contribution in [1.29, 1.82) is 0 Å². The summed E-state index contributed by atoms with van der Waals surface area (Å²) in [6.07, 6.45) is 2.39. The Labute approximate surface area is 68.8 Å². The van der Waals surface area contributed by atoms with Gasteiger partial charge in [-0.15, -0.1) is 10.2 Å². The first-order chi connectivity index (χ1) is 5.36. The van der Waals surface area contributed by atoms with Gasteiger partial charge in [0, 0.05) is 0 Å². The maximum absolute atomic E-state index is 5.46. The molecule has 11 heavy (non-hydrogen) atoms. The molecule has 1 saturated heterocycles. The summed E-state index contributed by atoms with van der Waals surface area (Å²) in [5, 5.41) is 12.7. The molecule has 5 heteroatoms. The van der Waals surface area contributed by atoms with Gasteiger partial charge in [0.2, 0.25) is 5.13 Å². The van der Waals surface area contributed by atoms with E-state index in [0.29, 0.717) is 11.2 Å². The minimum atomic E-state index is 0.407. The van der Waals surface area contributed by atoms with Gasteiger partial charge < -0.3 is 11.1 Å². The van der Waals surface area contributed by atoms with Gasteiger partial charge in [-0.2, -0.15) is 0 Å². The predicted molar refractivity (Wildman–Crippen MR) is 44.3 cm³/mol. The normalized spacial score (nSPS) is 24.2. The largest absolute Gasteiger partial charge is 0.374 e. The molecule has 60 valence electrons. The van der Waals surface area contributed by atoms with Gasteiger partial charge in [-0.05, 0) is 19.4 Å². The standard InChI is InChI=1S/C6H10N4S/c7-6-10-9-5(11-6)4-2-1-3-8-4/h4,8H,1-3H2,(H2,7,10). The van der Waals surface area contributed by atoms with E-state index in [1.54, 1.807) is 0 Å². The number of nitrogens with one attached hydrogen (secondary N) is 1. The van der Waals surface area contributed by atoms with Crippen LogP contribution < -0.4 is 11.1 Å². The molecule has 0 bridgehead atoms. The lowest BCUT2D eigenvalue weighted by molar-refractivity contribution is 0.635. The number of anilines is 1. The van der Waals surface area contributed by atoms with Crippen molar-refractivity contribution in [1.82, 2.24) is 15.5 Å². The molecule has 1 fully saturated rings. The number of hydrogen-bond acceptors (Lipinski definition) is 5. The van der Waals surface area contributed by atoms with Crippen molar-refractivity contribution in [2.24, 2.45) is 0 Å². The van der Waals surface area contributed by atoms with Crippen LogP contribution in [0.4, 0.5) is 5.13 Å². The molecule has 1 aromatic heterocycles. The Hall–Kier alpha value is -0.680. The Morgan fingerprint density at radius 3 is 3.00 bits per heavy atom. The lowest BCUT2D eigenvalue weighted by atomic mass is 10.2. The zero-order valence-electron chi connectivity index (χ0n) is 6.08. The zero-order valence-corrected chi connectivity index (χ0v) is 6.90. The summed E-state index contributed by atoms with van der Waals surface area (Å²) >= 11 is 1.48. The van der Waals surface area contributed by atoms with Gasteiger partial charge in [-0.1, -0.05) is 11.3 Å². The lowest BCUT2D eigenvalue weighted by Crippen LogP contribution is -2.12. The van der Waals surface area contributed by atoms with Crippen LogP contribution >= 0.6 is 11.3 Å². The van der Waals surface area contributed by atoms with Gasteiger partial charge in [0.15, 0.2) is 0 Å². The van der Waals surface area contributed by atoms with Gasteiger partial charge >= 0.3 is 0 Å². The molecule has 0 aromatic carbocycles. The van der Waals surface area contributed by atoms with Crippen molar-refractivity contribution in [2.75, 3.05) is 12.3 Å². The van der Waals surface area contributed by atoms with Crippen LogP contribution in [0.1, 0.15) is 23.9 Å². The molecular formula is C6H10N4S. The van der Waals surface area contributed by atoms with E-state index >= 15 is 0 Å². The third-order valence-electron chi connectivity index (χ3n) is 1.81. The molecule has 0 saturated carbocycles. The third kappa shape index (κ3) is 1.34. The van der Waals surface area contributed by atoms with Crippen LogP contribution in [0, 0.1) is 0 Å². The number of nitrogens with zero attached hydrogens (tertiary/aromatic N) is 2. The van der Waals surface area contributed by atoms with E-state index in [4.69, 9.17) is 5.73 Å². The maximum Gasteiger partial charge on any atom is 0.203 e. The Bertz CT molecular complexity index is 240. The number of nitrogen functional groups attached to an aromatic ring is 1. The van der Waals surface area contributed by atoms with Crippen LogP contribution in [0.2, 0.25) is 0 Å². The van der Waals surface area contributed by atoms with Crippen LogP contribution in [0.15, 0.2) is 0 Å². The summed E-state index contributed by atoms with van der Waals surface area (Å²) in [6.45, 7) is 1.09. The quantitative estimate of drug-likeness (QED) is 0.646. The van der Waals surface area contributed by atoms with Crippen LogP contribution in [0.3, 0.4) is 0 Å². The van der Waals surface area contributed by atoms with E-state index in [9.17, 15) is 0 Å². The molecule has 1 atom stereocenters. The SMILES string of the molecule is Nc1nnc(C2CCCN2)s1. The molecule has 2 heterocycles. The number of aromatic nitrogens is 2. The monoisotopic (exact) mass is 170 g/mol. The Kier molecular flexibility index (Phi) is 1.75. The molecule has 1 aliphatic heterocycles. The second kappa shape index (κ2) is 2.75. The highest BCUT2D eigenvalue weighted by Gasteiger charge is 2.19. The van der Waals surface area contributed by atoms with Gasteiger partial charge in [0.25, 0.3) is 0 Å². The fraction of sp³-hybridized carbons (Fsp3) is 0.667. The minimum absolute atomic E-state index is 0.407. The van der Waals surface area contributed by atoms with Gasteiger partial charge in [0.05, 0.1) is 6.04 Å². The molecule has 0 amide bonds. The average molecular weight is 170 g/mol. The molecule has 2 rings (SSSR count). The maximum atomic E-state index is 5.46. The first-order valence-electron chi connectivity index (χ1n) is 3.68. The topological polar surface area (TPSA) is 63.8 Å². The highest BCUT2D eigenvalue weighted by atomic mass is 32.1. The van der Waals surface area contributed by atoms with E-state index in [1.165, 1.54) is 17.8 Å². The van der Waals surface area contributed by atoms with Gasteiger partial charge in [-0.3, -0.25) is 0 Å². The Balaban J connectivity index is 2.15. The molecule has 1 aromatic rings. The molecular weight excluding hydrogens is 160 g/mol. The van der Waals surface area contributed by atoms with Crippen molar-refractivity contribution < 1.29 is 0 Å². The van der Waals surface area contributed by atoms with E-state index in [-0.39, 0.29) is 0 Å². The van der Waals surface area contributed by atoms with Gasteiger partial charge in [0.1, 0.15) is 5.01 Å². The summed E-state index contributed by atoms with van der Waals surface area (Å²) in [7, 11) is 0. The number of hydrogen-bond donors (Lipinski definition) is 2. The highest BCUT2D eigenvalue weighted by molar-refractivity contribution is 7.15. The summed E-state index contributed by atoms with van der Waals surface area (Å²) in [5.74, 6) is 0. The fourth-order valence-corrected chi connectivity index (χ4v) is 2.00. The van der Waals surface area contributed by atoms with Crippen LogP contribution in [-0.2, 0) is 0 Å². The molecule has 0 radical (unpaired) electrons. The van der Waals surface area contributed by atoms with E-state index < -0.39 is 0 Å². The average Bonchev–Trinajstić information content (AvgIpc) is 2.55. The second-order valence-electron chi connectivity index (χ2n) is 2.63. The molecule has 3 N–H and O–H groups in total. The van der Waals surface area contributed by atoms with Crippen LogP contribution in [0.25, 0.3) is 0 Å². The molecule has 1 aliphatic rings. The zero-order chi connectivity index (χ0) is 7.68. The first-order valence-corrected chi connectivity index (χ1v) is 4.50. The highest BCUT2D eigenvalue weighted by Crippen LogP contribution is 2.26.